The number of Topliss-reactive ketones (excluding diaryl/α,β-unsaturated/α-hetero) is 1. The first kappa shape index (κ1) is 12.8. The van der Waals surface area contributed by atoms with Crippen molar-refractivity contribution in [1.29, 1.82) is 0 Å². The van der Waals surface area contributed by atoms with Crippen molar-refractivity contribution in [3.05, 3.63) is 52.6 Å². The maximum Gasteiger partial charge on any atom is 0.167 e. The van der Waals surface area contributed by atoms with Crippen molar-refractivity contribution in [2.24, 2.45) is 0 Å². The fourth-order valence-electron chi connectivity index (χ4n) is 1.63. The normalized spacial score (nSPS) is 10.6. The van der Waals surface area contributed by atoms with Crippen LogP contribution in [0.15, 0.2) is 30.6 Å². The summed E-state index contributed by atoms with van der Waals surface area (Å²) in [4.78, 5) is 12.0. The van der Waals surface area contributed by atoms with E-state index in [0.29, 0.717) is 5.56 Å². The van der Waals surface area contributed by atoms with Crippen molar-refractivity contribution in [3.63, 3.8) is 0 Å². The molecule has 0 N–H and O–H groups in total. The molecule has 0 unspecified atom stereocenters. The second-order valence-corrected chi connectivity index (χ2v) is 4.34. The first-order chi connectivity index (χ1) is 8.60. The van der Waals surface area contributed by atoms with Gasteiger partial charge in [-0.15, -0.1) is 0 Å². The molecule has 1 aromatic carbocycles. The zero-order valence-electron chi connectivity index (χ0n) is 9.86. The fourth-order valence-corrected chi connectivity index (χ4v) is 1.81. The standard InChI is InChI=1S/C13H12ClFN2O/c1-2-17-8-9(7-16-17)5-13(18)10-3-4-12(15)11(14)6-10/h3-4,6-8H,2,5H2,1H3. The van der Waals surface area contributed by atoms with Gasteiger partial charge in [0.25, 0.3) is 0 Å². The predicted molar refractivity (Wildman–Crippen MR) is 67.3 cm³/mol. The first-order valence-corrected chi connectivity index (χ1v) is 5.97. The van der Waals surface area contributed by atoms with E-state index in [1.807, 2.05) is 13.1 Å². The van der Waals surface area contributed by atoms with E-state index < -0.39 is 5.82 Å². The molecule has 1 heterocycles. The number of carbonyl (C=O) groups is 1. The second kappa shape index (κ2) is 5.31. The van der Waals surface area contributed by atoms with Crippen LogP contribution in [0.3, 0.4) is 0 Å². The lowest BCUT2D eigenvalue weighted by molar-refractivity contribution is 0.0993. The minimum Gasteiger partial charge on any atom is -0.294 e. The average molecular weight is 267 g/mol. The van der Waals surface area contributed by atoms with Crippen molar-refractivity contribution in [2.75, 3.05) is 0 Å². The van der Waals surface area contributed by atoms with Gasteiger partial charge in [0.15, 0.2) is 5.78 Å². The molecule has 0 spiro atoms. The summed E-state index contributed by atoms with van der Waals surface area (Å²) in [5.74, 6) is -0.625. The van der Waals surface area contributed by atoms with Crippen LogP contribution < -0.4 is 0 Å². The summed E-state index contributed by atoms with van der Waals surface area (Å²) in [6.07, 6.45) is 3.72. The third-order valence-corrected chi connectivity index (χ3v) is 2.91. The summed E-state index contributed by atoms with van der Waals surface area (Å²) in [6, 6.07) is 3.99. The Balaban J connectivity index is 2.14. The summed E-state index contributed by atoms with van der Waals surface area (Å²) in [6.45, 7) is 2.73. The van der Waals surface area contributed by atoms with Crippen LogP contribution >= 0.6 is 11.6 Å². The van der Waals surface area contributed by atoms with E-state index in [4.69, 9.17) is 11.6 Å². The molecular formula is C13H12ClFN2O. The number of hydrogen-bond acceptors (Lipinski definition) is 2. The number of aromatic nitrogens is 2. The summed E-state index contributed by atoms with van der Waals surface area (Å²) in [5, 5.41) is 4.05. The summed E-state index contributed by atoms with van der Waals surface area (Å²) < 4.78 is 14.7. The van der Waals surface area contributed by atoms with Crippen molar-refractivity contribution >= 4 is 17.4 Å². The van der Waals surface area contributed by atoms with Crippen molar-refractivity contribution in [1.82, 2.24) is 9.78 Å². The number of nitrogens with zero attached hydrogens (tertiary/aromatic N) is 2. The quantitative estimate of drug-likeness (QED) is 0.797. The van der Waals surface area contributed by atoms with Crippen LogP contribution in [0.4, 0.5) is 4.39 Å². The lowest BCUT2D eigenvalue weighted by Gasteiger charge is -2.00. The van der Waals surface area contributed by atoms with E-state index in [-0.39, 0.29) is 17.2 Å². The van der Waals surface area contributed by atoms with Crippen LogP contribution in [0.2, 0.25) is 5.02 Å². The molecule has 0 aliphatic heterocycles. The van der Waals surface area contributed by atoms with Crippen LogP contribution in [0.5, 0.6) is 0 Å². The van der Waals surface area contributed by atoms with E-state index in [0.717, 1.165) is 12.1 Å². The topological polar surface area (TPSA) is 34.9 Å². The highest BCUT2D eigenvalue weighted by Gasteiger charge is 2.10. The molecule has 0 saturated carbocycles. The van der Waals surface area contributed by atoms with Gasteiger partial charge >= 0.3 is 0 Å². The Bertz CT molecular complexity index is 580. The van der Waals surface area contributed by atoms with Gasteiger partial charge in [-0.2, -0.15) is 5.10 Å². The molecule has 0 amide bonds. The third-order valence-electron chi connectivity index (χ3n) is 2.62. The van der Waals surface area contributed by atoms with Crippen LogP contribution in [-0.2, 0) is 13.0 Å². The molecule has 5 heteroatoms. The molecule has 2 rings (SSSR count). The van der Waals surface area contributed by atoms with Gasteiger partial charge in [0.2, 0.25) is 0 Å². The Kier molecular flexibility index (Phi) is 3.77. The van der Waals surface area contributed by atoms with Crippen molar-refractivity contribution in [2.45, 2.75) is 19.9 Å². The van der Waals surface area contributed by atoms with E-state index in [1.165, 1.54) is 18.2 Å². The molecule has 0 radical (unpaired) electrons. The molecule has 0 atom stereocenters. The van der Waals surface area contributed by atoms with Gasteiger partial charge in [0, 0.05) is 24.7 Å². The lowest BCUT2D eigenvalue weighted by Crippen LogP contribution is -2.03. The number of ketones is 1. The van der Waals surface area contributed by atoms with Gasteiger partial charge < -0.3 is 0 Å². The van der Waals surface area contributed by atoms with Crippen LogP contribution in [-0.4, -0.2) is 15.6 Å². The van der Waals surface area contributed by atoms with E-state index in [1.54, 1.807) is 10.9 Å². The average Bonchev–Trinajstić information content (AvgIpc) is 2.80. The highest BCUT2D eigenvalue weighted by molar-refractivity contribution is 6.31. The Hall–Kier alpha value is -1.68. The predicted octanol–water partition coefficient (Wildman–Crippen LogP) is 3.12. The molecule has 1 aromatic heterocycles. The van der Waals surface area contributed by atoms with Crippen molar-refractivity contribution < 1.29 is 9.18 Å². The maximum absolute atomic E-state index is 13.0. The number of benzene rings is 1. The molecule has 2 aromatic rings. The van der Waals surface area contributed by atoms with Crippen molar-refractivity contribution in [3.8, 4) is 0 Å². The molecule has 94 valence electrons. The minimum absolute atomic E-state index is 0.0369. The molecule has 0 fully saturated rings. The molecule has 3 nitrogen and oxygen atoms in total. The smallest absolute Gasteiger partial charge is 0.167 e. The molecule has 0 aliphatic carbocycles. The monoisotopic (exact) mass is 266 g/mol. The van der Waals surface area contributed by atoms with E-state index >= 15 is 0 Å². The van der Waals surface area contributed by atoms with Crippen LogP contribution in [0.25, 0.3) is 0 Å². The van der Waals surface area contributed by atoms with Gasteiger partial charge in [-0.1, -0.05) is 11.6 Å². The molecule has 0 saturated heterocycles. The highest BCUT2D eigenvalue weighted by Crippen LogP contribution is 2.17. The molecular weight excluding hydrogens is 255 g/mol. The molecule has 0 bridgehead atoms. The molecule has 18 heavy (non-hydrogen) atoms. The Morgan fingerprint density at radius 3 is 2.89 bits per heavy atom. The highest BCUT2D eigenvalue weighted by atomic mass is 35.5. The maximum atomic E-state index is 13.0. The number of rotatable bonds is 4. The SMILES string of the molecule is CCn1cc(CC(=O)c2ccc(F)c(Cl)c2)cn1. The first-order valence-electron chi connectivity index (χ1n) is 5.59. The Labute approximate surface area is 109 Å². The van der Waals surface area contributed by atoms with Gasteiger partial charge in [0.1, 0.15) is 5.82 Å². The summed E-state index contributed by atoms with van der Waals surface area (Å²) in [5.41, 5.74) is 1.24. The second-order valence-electron chi connectivity index (χ2n) is 3.93. The van der Waals surface area contributed by atoms with Gasteiger partial charge in [-0.3, -0.25) is 9.48 Å². The number of halogens is 2. The van der Waals surface area contributed by atoms with Crippen LogP contribution in [0, 0.1) is 5.82 Å². The van der Waals surface area contributed by atoms with Crippen LogP contribution in [0.1, 0.15) is 22.8 Å². The Morgan fingerprint density at radius 1 is 1.50 bits per heavy atom. The fraction of sp³-hybridized carbons (Fsp3) is 0.231. The zero-order chi connectivity index (χ0) is 13.1. The Morgan fingerprint density at radius 2 is 2.28 bits per heavy atom. The number of hydrogen-bond donors (Lipinski definition) is 0. The number of aryl methyl sites for hydroxylation is 1. The summed E-state index contributed by atoms with van der Waals surface area (Å²) >= 11 is 5.64. The molecule has 0 aliphatic rings. The largest absolute Gasteiger partial charge is 0.294 e. The summed E-state index contributed by atoms with van der Waals surface area (Å²) in [7, 11) is 0. The lowest BCUT2D eigenvalue weighted by atomic mass is 10.1. The third kappa shape index (κ3) is 2.76. The van der Waals surface area contributed by atoms with Gasteiger partial charge in [-0.25, -0.2) is 4.39 Å². The van der Waals surface area contributed by atoms with Gasteiger partial charge in [0.05, 0.1) is 11.2 Å². The minimum atomic E-state index is -0.521. The van der Waals surface area contributed by atoms with E-state index in [2.05, 4.69) is 5.10 Å². The van der Waals surface area contributed by atoms with E-state index in [9.17, 15) is 9.18 Å². The zero-order valence-corrected chi connectivity index (χ0v) is 10.6. The van der Waals surface area contributed by atoms with Gasteiger partial charge in [-0.05, 0) is 30.7 Å². The number of carbonyl (C=O) groups excluding carboxylic acids is 1.